The van der Waals surface area contributed by atoms with Crippen LogP contribution in [0.2, 0.25) is 0 Å². The zero-order valence-corrected chi connectivity index (χ0v) is 14.9. The molecule has 25 heavy (non-hydrogen) atoms. The van der Waals surface area contributed by atoms with Gasteiger partial charge in [-0.2, -0.15) is 0 Å². The molecule has 1 aliphatic heterocycles. The second-order valence-corrected chi connectivity index (χ2v) is 7.16. The van der Waals surface area contributed by atoms with Crippen LogP contribution in [0.15, 0.2) is 22.6 Å². The van der Waals surface area contributed by atoms with Crippen molar-refractivity contribution >= 4 is 15.1 Å². The van der Waals surface area contributed by atoms with Crippen molar-refractivity contribution in [3.63, 3.8) is 0 Å². The average molecular weight is 362 g/mol. The van der Waals surface area contributed by atoms with Gasteiger partial charge in [-0.1, -0.05) is 34.6 Å². The topological polar surface area (TPSA) is 71.3 Å². The number of hydrogen-bond acceptors (Lipinski definition) is 5. The number of fused-ring (bicyclic) bond motifs is 1. The molecule has 0 saturated heterocycles. The summed E-state index contributed by atoms with van der Waals surface area (Å²) >= 11 is 0. The van der Waals surface area contributed by atoms with Crippen LogP contribution in [0, 0.1) is 0 Å². The molecular weight excluding hydrogens is 342 g/mol. The summed E-state index contributed by atoms with van der Waals surface area (Å²) in [4.78, 5) is 12.7. The first kappa shape index (κ1) is 16.6. The third-order valence-electron chi connectivity index (χ3n) is 4.78. The maximum atomic E-state index is 13.2. The summed E-state index contributed by atoms with van der Waals surface area (Å²) in [5.41, 5.74) is 5.59. The van der Waals surface area contributed by atoms with Crippen LogP contribution in [-0.4, -0.2) is 27.2 Å². The number of alkyl halides is 1. The van der Waals surface area contributed by atoms with Crippen LogP contribution >= 0.6 is 9.24 Å². The van der Waals surface area contributed by atoms with E-state index in [1.54, 1.807) is 11.1 Å². The first-order chi connectivity index (χ1) is 12.1. The van der Waals surface area contributed by atoms with Gasteiger partial charge in [0.1, 0.15) is 0 Å². The van der Waals surface area contributed by atoms with Crippen molar-refractivity contribution in [3.05, 3.63) is 35.2 Å². The van der Waals surface area contributed by atoms with Crippen LogP contribution in [0.1, 0.15) is 59.8 Å². The normalized spacial score (nSPS) is 19.3. The Morgan fingerprint density at radius 2 is 2.08 bits per heavy atom. The van der Waals surface area contributed by atoms with Crippen molar-refractivity contribution in [1.82, 2.24) is 20.6 Å². The molecule has 1 fully saturated rings. The van der Waals surface area contributed by atoms with E-state index in [0.29, 0.717) is 23.7 Å². The van der Waals surface area contributed by atoms with Crippen LogP contribution in [0.5, 0.6) is 0 Å². The maximum absolute atomic E-state index is 13.2. The molecule has 1 amide bonds. The minimum absolute atomic E-state index is 0.0448. The molecule has 2 atom stereocenters. The summed E-state index contributed by atoms with van der Waals surface area (Å²) in [5, 5.41) is 9.24. The molecule has 1 aromatic heterocycles. The van der Waals surface area contributed by atoms with Gasteiger partial charge in [0.05, 0.1) is 6.54 Å². The lowest BCUT2D eigenvalue weighted by atomic mass is 9.96. The minimum Gasteiger partial charge on any atom is -0.417 e. The number of hydrogen-bond donors (Lipinski definition) is 1. The number of halogens is 1. The Kier molecular flexibility index (Phi) is 4.52. The largest absolute Gasteiger partial charge is 0.417 e. The van der Waals surface area contributed by atoms with Crippen molar-refractivity contribution in [1.29, 1.82) is 0 Å². The Hall–Kier alpha value is -1.85. The highest BCUT2D eigenvalue weighted by atomic mass is 31.0. The molecule has 1 aromatic carbocycles. The fourth-order valence-corrected chi connectivity index (χ4v) is 3.59. The van der Waals surface area contributed by atoms with Gasteiger partial charge in [-0.3, -0.25) is 9.80 Å². The van der Waals surface area contributed by atoms with Crippen LogP contribution in [-0.2, 0) is 6.54 Å². The van der Waals surface area contributed by atoms with E-state index in [1.165, 1.54) is 19.3 Å². The Balaban J connectivity index is 1.53. The molecule has 0 spiro atoms. The quantitative estimate of drug-likeness (QED) is 0.845. The monoisotopic (exact) mass is 362 g/mol. The lowest BCUT2D eigenvalue weighted by molar-refractivity contribution is 0.0621. The molecule has 2 aromatic rings. The summed E-state index contributed by atoms with van der Waals surface area (Å²) in [7, 11) is 1.97. The number of hydrazine groups is 1. The zero-order valence-electron chi connectivity index (χ0n) is 13.7. The van der Waals surface area contributed by atoms with E-state index in [9.17, 15) is 9.18 Å². The van der Waals surface area contributed by atoms with Crippen molar-refractivity contribution in [3.8, 4) is 11.5 Å². The van der Waals surface area contributed by atoms with E-state index in [2.05, 4.69) is 15.6 Å². The highest BCUT2D eigenvalue weighted by molar-refractivity contribution is 7.16. The molecule has 0 bridgehead atoms. The van der Waals surface area contributed by atoms with Crippen molar-refractivity contribution in [2.24, 2.45) is 0 Å². The molecule has 2 unspecified atom stereocenters. The van der Waals surface area contributed by atoms with Gasteiger partial charge in [0, 0.05) is 17.2 Å². The summed E-state index contributed by atoms with van der Waals surface area (Å²) in [6.07, 6.45) is 5.91. The van der Waals surface area contributed by atoms with Gasteiger partial charge in [0.15, 0.2) is 5.91 Å². The van der Waals surface area contributed by atoms with Gasteiger partial charge in [-0.05, 0) is 30.5 Å². The molecule has 2 aliphatic rings. The first-order valence-corrected chi connectivity index (χ1v) is 9.23. The molecule has 2 heterocycles. The fourth-order valence-electron chi connectivity index (χ4n) is 3.45. The average Bonchev–Trinajstić information content (AvgIpc) is 3.22. The molecule has 6 nitrogen and oxygen atoms in total. The second-order valence-electron chi connectivity index (χ2n) is 6.57. The third kappa shape index (κ3) is 3.31. The molecule has 1 saturated carbocycles. The summed E-state index contributed by atoms with van der Waals surface area (Å²) in [6.45, 7) is 0.554. The number of amides is 1. The number of aromatic nitrogens is 2. The fraction of sp³-hybridized carbons (Fsp3) is 0.471. The van der Waals surface area contributed by atoms with Crippen molar-refractivity contribution in [2.75, 3.05) is 0 Å². The SMILES string of the molecule is O=C1c2cc(-c3nnc(C(F)P)o3)ccc2CN1NC1CCCCC1. The number of rotatable bonds is 4. The lowest BCUT2D eigenvalue weighted by Gasteiger charge is -2.28. The maximum Gasteiger partial charge on any atom is 0.268 e. The summed E-state index contributed by atoms with van der Waals surface area (Å²) in [5.74, 6) is -1.31. The Bertz CT molecular complexity index is 789. The van der Waals surface area contributed by atoms with Gasteiger partial charge in [-0.15, -0.1) is 10.2 Å². The molecule has 4 rings (SSSR count). The molecule has 8 heteroatoms. The van der Waals surface area contributed by atoms with Crippen LogP contribution in [0.25, 0.3) is 11.5 Å². The lowest BCUT2D eigenvalue weighted by Crippen LogP contribution is -2.45. The number of carbonyl (C=O) groups excluding carboxylic acids is 1. The first-order valence-electron chi connectivity index (χ1n) is 8.56. The van der Waals surface area contributed by atoms with Crippen LogP contribution in [0.3, 0.4) is 0 Å². The van der Waals surface area contributed by atoms with Gasteiger partial charge in [0.25, 0.3) is 11.8 Å². The predicted molar refractivity (Wildman–Crippen MR) is 93.2 cm³/mol. The molecule has 1 aliphatic carbocycles. The summed E-state index contributed by atoms with van der Waals surface area (Å²) in [6, 6.07) is 5.83. The van der Waals surface area contributed by atoms with Crippen molar-refractivity contribution in [2.45, 2.75) is 50.6 Å². The van der Waals surface area contributed by atoms with Gasteiger partial charge in [0.2, 0.25) is 5.89 Å². The third-order valence-corrected chi connectivity index (χ3v) is 5.07. The number of nitrogens with one attached hydrogen (secondary N) is 1. The minimum atomic E-state index is -1.40. The Morgan fingerprint density at radius 1 is 1.28 bits per heavy atom. The van der Waals surface area contributed by atoms with E-state index in [0.717, 1.165) is 18.4 Å². The van der Waals surface area contributed by atoms with Crippen molar-refractivity contribution < 1.29 is 13.6 Å². The number of carbonyl (C=O) groups is 1. The molecule has 0 radical (unpaired) electrons. The number of benzene rings is 1. The van der Waals surface area contributed by atoms with Crippen LogP contribution in [0.4, 0.5) is 4.39 Å². The zero-order chi connectivity index (χ0) is 17.4. The van der Waals surface area contributed by atoms with E-state index >= 15 is 0 Å². The van der Waals surface area contributed by atoms with E-state index < -0.39 is 5.91 Å². The van der Waals surface area contributed by atoms with Gasteiger partial charge >= 0.3 is 0 Å². The van der Waals surface area contributed by atoms with E-state index in [-0.39, 0.29) is 17.7 Å². The predicted octanol–water partition coefficient (Wildman–Crippen LogP) is 3.37. The van der Waals surface area contributed by atoms with Gasteiger partial charge < -0.3 is 4.42 Å². The highest BCUT2D eigenvalue weighted by Crippen LogP contribution is 2.30. The number of nitrogens with zero attached hydrogens (tertiary/aromatic N) is 3. The van der Waals surface area contributed by atoms with E-state index in [4.69, 9.17) is 4.42 Å². The smallest absolute Gasteiger partial charge is 0.268 e. The second kappa shape index (κ2) is 6.81. The Labute approximate surface area is 147 Å². The Morgan fingerprint density at radius 3 is 2.80 bits per heavy atom. The summed E-state index contributed by atoms with van der Waals surface area (Å²) < 4.78 is 18.5. The molecule has 132 valence electrons. The van der Waals surface area contributed by atoms with E-state index in [1.807, 2.05) is 21.4 Å². The highest BCUT2D eigenvalue weighted by Gasteiger charge is 2.30. The molecular formula is C17H20FN4O2P. The van der Waals surface area contributed by atoms with Gasteiger partial charge in [-0.25, -0.2) is 9.82 Å². The van der Waals surface area contributed by atoms with Crippen LogP contribution < -0.4 is 5.43 Å². The standard InChI is InChI=1S/C17H20FN4O2P/c18-14(25)16-20-19-15(24-16)10-6-7-11-9-22(17(23)13(11)8-10)21-12-4-2-1-3-5-12/h6-8,12,14,21H,1-5,9,25H2. The molecule has 1 N–H and O–H groups in total.